The minimum absolute atomic E-state index is 0.176. The molecular formula is C16H25NO3. The van der Waals surface area contributed by atoms with E-state index in [2.05, 4.69) is 5.32 Å². The zero-order chi connectivity index (χ0) is 14.4. The van der Waals surface area contributed by atoms with Gasteiger partial charge >= 0.3 is 0 Å². The standard InChI is InChI=1S/C16H25NO3/c1-20-14-8-6-7-13(15(14)18)11-17-12-16(19)9-4-2-3-5-10-16/h6-8,17-19H,2-5,9-12H2,1H3. The lowest BCUT2D eigenvalue weighted by Crippen LogP contribution is -2.39. The van der Waals surface area contributed by atoms with E-state index in [1.807, 2.05) is 12.1 Å². The molecule has 0 aromatic heterocycles. The maximum Gasteiger partial charge on any atom is 0.162 e. The van der Waals surface area contributed by atoms with Crippen LogP contribution in [0.25, 0.3) is 0 Å². The van der Waals surface area contributed by atoms with E-state index >= 15 is 0 Å². The summed E-state index contributed by atoms with van der Waals surface area (Å²) in [4.78, 5) is 0. The molecule has 2 rings (SSSR count). The third-order valence-corrected chi connectivity index (χ3v) is 4.11. The van der Waals surface area contributed by atoms with Gasteiger partial charge in [0.2, 0.25) is 0 Å². The van der Waals surface area contributed by atoms with Crippen molar-refractivity contribution in [2.75, 3.05) is 13.7 Å². The topological polar surface area (TPSA) is 61.7 Å². The van der Waals surface area contributed by atoms with Gasteiger partial charge in [-0.1, -0.05) is 37.8 Å². The molecule has 0 saturated heterocycles. The quantitative estimate of drug-likeness (QED) is 0.725. The summed E-state index contributed by atoms with van der Waals surface area (Å²) >= 11 is 0. The van der Waals surface area contributed by atoms with Gasteiger partial charge in [-0.15, -0.1) is 0 Å². The van der Waals surface area contributed by atoms with E-state index in [4.69, 9.17) is 4.74 Å². The lowest BCUT2D eigenvalue weighted by Gasteiger charge is -2.27. The number of phenolic OH excluding ortho intramolecular Hbond substituents is 1. The number of ether oxygens (including phenoxy) is 1. The second-order valence-corrected chi connectivity index (χ2v) is 5.71. The fraction of sp³-hybridized carbons (Fsp3) is 0.625. The molecule has 1 aliphatic carbocycles. The van der Waals surface area contributed by atoms with Gasteiger partial charge in [-0.3, -0.25) is 0 Å². The fourth-order valence-corrected chi connectivity index (χ4v) is 2.87. The number of aromatic hydroxyl groups is 1. The first-order valence-corrected chi connectivity index (χ1v) is 7.42. The van der Waals surface area contributed by atoms with E-state index in [1.54, 1.807) is 13.2 Å². The Balaban J connectivity index is 1.89. The van der Waals surface area contributed by atoms with Gasteiger partial charge in [0.05, 0.1) is 12.7 Å². The zero-order valence-corrected chi connectivity index (χ0v) is 12.2. The van der Waals surface area contributed by atoms with E-state index in [9.17, 15) is 10.2 Å². The van der Waals surface area contributed by atoms with Crippen molar-refractivity contribution >= 4 is 0 Å². The van der Waals surface area contributed by atoms with Crippen molar-refractivity contribution in [2.24, 2.45) is 0 Å². The molecule has 0 bridgehead atoms. The van der Waals surface area contributed by atoms with Crippen molar-refractivity contribution in [2.45, 2.75) is 50.7 Å². The largest absolute Gasteiger partial charge is 0.504 e. The van der Waals surface area contributed by atoms with Gasteiger partial charge in [0.15, 0.2) is 11.5 Å². The highest BCUT2D eigenvalue weighted by Crippen LogP contribution is 2.30. The molecule has 1 aromatic carbocycles. The van der Waals surface area contributed by atoms with Crippen LogP contribution in [-0.2, 0) is 6.54 Å². The minimum atomic E-state index is -0.592. The van der Waals surface area contributed by atoms with Crippen LogP contribution in [-0.4, -0.2) is 29.5 Å². The Morgan fingerprint density at radius 3 is 2.55 bits per heavy atom. The molecular weight excluding hydrogens is 254 g/mol. The van der Waals surface area contributed by atoms with Crippen molar-refractivity contribution in [1.29, 1.82) is 0 Å². The third kappa shape index (κ3) is 3.87. The van der Waals surface area contributed by atoms with Crippen molar-refractivity contribution in [3.05, 3.63) is 23.8 Å². The van der Waals surface area contributed by atoms with Gasteiger partial charge in [-0.2, -0.15) is 0 Å². The molecule has 1 fully saturated rings. The summed E-state index contributed by atoms with van der Waals surface area (Å²) in [6.45, 7) is 1.11. The first kappa shape index (κ1) is 15.1. The number of hydrogen-bond acceptors (Lipinski definition) is 4. The molecule has 1 aliphatic rings. The van der Waals surface area contributed by atoms with Crippen molar-refractivity contribution in [3.8, 4) is 11.5 Å². The number of nitrogens with one attached hydrogen (secondary N) is 1. The second-order valence-electron chi connectivity index (χ2n) is 5.71. The first-order chi connectivity index (χ1) is 9.64. The summed E-state index contributed by atoms with van der Waals surface area (Å²) in [5, 5.41) is 23.8. The van der Waals surface area contributed by atoms with Crippen molar-refractivity contribution in [1.82, 2.24) is 5.32 Å². The van der Waals surface area contributed by atoms with E-state index in [-0.39, 0.29) is 5.75 Å². The second kappa shape index (κ2) is 6.95. The number of rotatable bonds is 5. The number of hydrogen-bond donors (Lipinski definition) is 3. The molecule has 4 nitrogen and oxygen atoms in total. The van der Waals surface area contributed by atoms with Crippen LogP contribution in [0.15, 0.2) is 18.2 Å². The third-order valence-electron chi connectivity index (χ3n) is 4.11. The molecule has 0 heterocycles. The van der Waals surface area contributed by atoms with Gasteiger partial charge < -0.3 is 20.3 Å². The predicted octanol–water partition coefficient (Wildman–Crippen LogP) is 2.58. The SMILES string of the molecule is COc1cccc(CNCC2(O)CCCCCC2)c1O. The summed E-state index contributed by atoms with van der Waals surface area (Å²) in [5.74, 6) is 0.660. The number of aliphatic hydroxyl groups is 1. The van der Waals surface area contributed by atoms with Crippen LogP contribution in [0.3, 0.4) is 0 Å². The van der Waals surface area contributed by atoms with Crippen LogP contribution in [0.4, 0.5) is 0 Å². The zero-order valence-electron chi connectivity index (χ0n) is 12.2. The maximum atomic E-state index is 10.5. The van der Waals surface area contributed by atoms with Crippen LogP contribution < -0.4 is 10.1 Å². The smallest absolute Gasteiger partial charge is 0.162 e. The fourth-order valence-electron chi connectivity index (χ4n) is 2.87. The van der Waals surface area contributed by atoms with Gasteiger partial charge in [0.1, 0.15) is 0 Å². The van der Waals surface area contributed by atoms with Crippen LogP contribution in [0.1, 0.15) is 44.1 Å². The molecule has 4 heteroatoms. The van der Waals surface area contributed by atoms with Crippen LogP contribution in [0, 0.1) is 0 Å². The number of para-hydroxylation sites is 1. The lowest BCUT2D eigenvalue weighted by molar-refractivity contribution is 0.0250. The van der Waals surface area contributed by atoms with Crippen LogP contribution in [0.5, 0.6) is 11.5 Å². The van der Waals surface area contributed by atoms with Gasteiger partial charge in [-0.25, -0.2) is 0 Å². The van der Waals surface area contributed by atoms with E-state index in [0.29, 0.717) is 18.8 Å². The normalized spacial score (nSPS) is 18.5. The predicted molar refractivity (Wildman–Crippen MR) is 79.0 cm³/mol. The van der Waals surface area contributed by atoms with Gasteiger partial charge in [0, 0.05) is 18.7 Å². The summed E-state index contributed by atoms with van der Waals surface area (Å²) in [7, 11) is 1.54. The molecule has 0 aliphatic heterocycles. The number of phenols is 1. The molecule has 112 valence electrons. The molecule has 0 amide bonds. The average molecular weight is 279 g/mol. The summed E-state index contributed by atoms with van der Waals surface area (Å²) in [5.41, 5.74) is 0.201. The molecule has 20 heavy (non-hydrogen) atoms. The highest BCUT2D eigenvalue weighted by atomic mass is 16.5. The van der Waals surface area contributed by atoms with E-state index in [1.165, 1.54) is 12.8 Å². The highest BCUT2D eigenvalue weighted by Gasteiger charge is 2.27. The highest BCUT2D eigenvalue weighted by molar-refractivity contribution is 5.45. The molecule has 0 unspecified atom stereocenters. The maximum absolute atomic E-state index is 10.5. The Morgan fingerprint density at radius 1 is 1.20 bits per heavy atom. The molecule has 3 N–H and O–H groups in total. The summed E-state index contributed by atoms with van der Waals surface area (Å²) in [6, 6.07) is 5.45. The van der Waals surface area contributed by atoms with Crippen molar-refractivity contribution < 1.29 is 14.9 Å². The van der Waals surface area contributed by atoms with Gasteiger partial charge in [0.25, 0.3) is 0 Å². The van der Waals surface area contributed by atoms with Gasteiger partial charge in [-0.05, 0) is 18.9 Å². The average Bonchev–Trinajstić information content (AvgIpc) is 2.66. The Labute approximate surface area is 120 Å². The Morgan fingerprint density at radius 2 is 1.90 bits per heavy atom. The Bertz CT molecular complexity index is 426. The molecule has 0 atom stereocenters. The van der Waals surface area contributed by atoms with Crippen molar-refractivity contribution in [3.63, 3.8) is 0 Å². The Kier molecular flexibility index (Phi) is 5.26. The van der Waals surface area contributed by atoms with E-state index in [0.717, 1.165) is 31.2 Å². The first-order valence-electron chi connectivity index (χ1n) is 7.42. The van der Waals surface area contributed by atoms with Crippen LogP contribution >= 0.6 is 0 Å². The minimum Gasteiger partial charge on any atom is -0.504 e. The molecule has 1 aromatic rings. The summed E-state index contributed by atoms with van der Waals surface area (Å²) < 4.78 is 5.09. The van der Waals surface area contributed by atoms with E-state index < -0.39 is 5.60 Å². The molecule has 0 spiro atoms. The summed E-state index contributed by atoms with van der Waals surface area (Å²) in [6.07, 6.45) is 6.37. The lowest BCUT2D eigenvalue weighted by atomic mass is 9.94. The van der Waals surface area contributed by atoms with Crippen LogP contribution in [0.2, 0.25) is 0 Å². The Hall–Kier alpha value is -1.26. The number of methoxy groups -OCH3 is 1. The number of benzene rings is 1. The molecule has 0 radical (unpaired) electrons. The monoisotopic (exact) mass is 279 g/mol. The molecule has 1 saturated carbocycles.